The van der Waals surface area contributed by atoms with Gasteiger partial charge < -0.3 is 15.1 Å². The van der Waals surface area contributed by atoms with E-state index in [1.54, 1.807) is 11.0 Å². The maximum atomic E-state index is 16.1. The summed E-state index contributed by atoms with van der Waals surface area (Å²) in [4.78, 5) is 52.3. The van der Waals surface area contributed by atoms with Gasteiger partial charge in [0.05, 0.1) is 28.7 Å². The van der Waals surface area contributed by atoms with E-state index < -0.39 is 23.2 Å². The van der Waals surface area contributed by atoms with Gasteiger partial charge in [0.15, 0.2) is 11.5 Å². The second kappa shape index (κ2) is 10.7. The largest absolute Gasteiger partial charge is 0.355 e. The van der Waals surface area contributed by atoms with Crippen LogP contribution in [0.3, 0.4) is 0 Å². The molecule has 1 atom stereocenters. The number of para-hydroxylation sites is 1. The maximum absolute atomic E-state index is 16.1. The summed E-state index contributed by atoms with van der Waals surface area (Å²) in [5.41, 5.74) is 0.668. The number of hydrogen-bond donors (Lipinski definition) is 1. The van der Waals surface area contributed by atoms with E-state index in [0.717, 1.165) is 5.56 Å². The molecular formula is C32H30F2N6O3. The van der Waals surface area contributed by atoms with Crippen LogP contribution >= 0.6 is 0 Å². The van der Waals surface area contributed by atoms with E-state index in [0.29, 0.717) is 30.9 Å². The zero-order valence-electron chi connectivity index (χ0n) is 24.0. The van der Waals surface area contributed by atoms with Gasteiger partial charge in [-0.1, -0.05) is 44.7 Å². The van der Waals surface area contributed by atoms with Crippen molar-refractivity contribution in [1.82, 2.24) is 19.4 Å². The lowest BCUT2D eigenvalue weighted by atomic mass is 9.95. The van der Waals surface area contributed by atoms with Gasteiger partial charge >= 0.3 is 5.69 Å². The van der Waals surface area contributed by atoms with Crippen LogP contribution < -0.4 is 15.9 Å². The van der Waals surface area contributed by atoms with Crippen molar-refractivity contribution in [1.29, 1.82) is 0 Å². The molecule has 2 aliphatic heterocycles. The lowest BCUT2D eigenvalue weighted by Crippen LogP contribution is -2.54. The van der Waals surface area contributed by atoms with Crippen molar-refractivity contribution >= 4 is 34.4 Å². The van der Waals surface area contributed by atoms with Crippen LogP contribution in [0.15, 0.2) is 59.9 Å². The molecule has 6 rings (SSSR count). The quantitative estimate of drug-likeness (QED) is 0.355. The first-order chi connectivity index (χ1) is 20.6. The molecule has 0 saturated carbocycles. The van der Waals surface area contributed by atoms with Crippen molar-refractivity contribution in [2.24, 2.45) is 0 Å². The monoisotopic (exact) mass is 584 g/mol. The van der Waals surface area contributed by atoms with Crippen molar-refractivity contribution in [2.75, 3.05) is 29.9 Å². The highest BCUT2D eigenvalue weighted by atomic mass is 19.1. The molecule has 0 unspecified atom stereocenters. The van der Waals surface area contributed by atoms with Crippen molar-refractivity contribution < 1.29 is 18.4 Å². The molecule has 0 radical (unpaired) electrons. The molecule has 2 aromatic heterocycles. The first-order valence-corrected chi connectivity index (χ1v) is 14.1. The van der Waals surface area contributed by atoms with Crippen LogP contribution in [0, 0.1) is 11.6 Å². The van der Waals surface area contributed by atoms with E-state index in [-0.39, 0.29) is 58.1 Å². The van der Waals surface area contributed by atoms with Crippen LogP contribution in [0.4, 0.5) is 20.3 Å². The molecule has 2 aromatic carbocycles. The first-order valence-electron chi connectivity index (χ1n) is 14.1. The number of rotatable bonds is 3. The molecule has 0 spiro atoms. The Labute approximate surface area is 246 Å². The number of benzene rings is 2. The van der Waals surface area contributed by atoms with Gasteiger partial charge in [0.25, 0.3) is 0 Å². The minimum Gasteiger partial charge on any atom is -0.350 e. The molecule has 2 aliphatic rings. The van der Waals surface area contributed by atoms with E-state index in [1.165, 1.54) is 34.9 Å². The summed E-state index contributed by atoms with van der Waals surface area (Å²) in [6.07, 6.45) is 1.13. The normalized spacial score (nSPS) is 16.5. The van der Waals surface area contributed by atoms with Gasteiger partial charge in [0.2, 0.25) is 11.8 Å². The number of amides is 2. The fraction of sp³-hybridized carbons (Fsp3) is 0.281. The summed E-state index contributed by atoms with van der Waals surface area (Å²) in [5, 5.41) is 2.97. The van der Waals surface area contributed by atoms with Gasteiger partial charge in [0, 0.05) is 25.7 Å². The molecule has 1 fully saturated rings. The predicted molar refractivity (Wildman–Crippen MR) is 160 cm³/mol. The molecule has 11 heteroatoms. The molecule has 0 aliphatic carbocycles. The number of fused-ring (bicyclic) bond motifs is 5. The van der Waals surface area contributed by atoms with Crippen molar-refractivity contribution in [2.45, 2.75) is 39.2 Å². The Morgan fingerprint density at radius 1 is 1.09 bits per heavy atom. The Bertz CT molecular complexity index is 1890. The SMILES string of the molecule is C=CC(=O)N1CCN(c2nc(=O)n3c4nc(c(F)cc24)-c2c(F)cccc2NC(=O)Cc2cccc(C(C)C)c2-3)[C@@H](C)C1. The van der Waals surface area contributed by atoms with Gasteiger partial charge in [0.1, 0.15) is 17.3 Å². The average Bonchev–Trinajstić information content (AvgIpc) is 2.98. The number of halogens is 2. The number of hydrogen-bond acceptors (Lipinski definition) is 6. The Balaban J connectivity index is 1.70. The number of piperazine rings is 1. The third kappa shape index (κ3) is 4.74. The summed E-state index contributed by atoms with van der Waals surface area (Å²) in [6, 6.07) is 10.5. The molecule has 2 amide bonds. The highest BCUT2D eigenvalue weighted by Gasteiger charge is 2.31. The number of nitrogens with zero attached hydrogens (tertiary/aromatic N) is 5. The van der Waals surface area contributed by atoms with Crippen molar-refractivity contribution in [3.63, 3.8) is 0 Å². The topological polar surface area (TPSA) is 100 Å². The number of pyridine rings is 1. The zero-order chi connectivity index (χ0) is 30.6. The predicted octanol–water partition coefficient (Wildman–Crippen LogP) is 4.57. The van der Waals surface area contributed by atoms with E-state index in [2.05, 4.69) is 21.9 Å². The number of nitrogens with one attached hydrogen (secondary N) is 1. The smallest absolute Gasteiger partial charge is 0.350 e. The third-order valence-corrected chi connectivity index (χ3v) is 8.06. The average molecular weight is 585 g/mol. The first kappa shape index (κ1) is 28.2. The molecule has 4 heterocycles. The summed E-state index contributed by atoms with van der Waals surface area (Å²) < 4.78 is 32.8. The molecule has 2 bridgehead atoms. The van der Waals surface area contributed by atoms with Crippen molar-refractivity contribution in [3.8, 4) is 16.9 Å². The number of anilines is 2. The molecule has 1 saturated heterocycles. The third-order valence-electron chi connectivity index (χ3n) is 8.06. The fourth-order valence-corrected chi connectivity index (χ4v) is 6.03. The van der Waals surface area contributed by atoms with E-state index in [4.69, 9.17) is 0 Å². The minimum absolute atomic E-state index is 0.0603. The molecule has 9 nitrogen and oxygen atoms in total. The van der Waals surface area contributed by atoms with Gasteiger partial charge in [-0.3, -0.25) is 9.59 Å². The summed E-state index contributed by atoms with van der Waals surface area (Å²) >= 11 is 0. The number of carbonyl (C=O) groups is 2. The molecule has 220 valence electrons. The van der Waals surface area contributed by atoms with E-state index in [1.807, 2.05) is 37.8 Å². The Hall–Kier alpha value is -4.93. The molecular weight excluding hydrogens is 554 g/mol. The lowest BCUT2D eigenvalue weighted by molar-refractivity contribution is -0.126. The number of aromatic nitrogens is 3. The maximum Gasteiger partial charge on any atom is 0.355 e. The highest BCUT2D eigenvalue weighted by Crippen LogP contribution is 2.37. The van der Waals surface area contributed by atoms with Crippen LogP contribution in [-0.4, -0.2) is 56.9 Å². The van der Waals surface area contributed by atoms with E-state index >= 15 is 8.78 Å². The highest BCUT2D eigenvalue weighted by molar-refractivity contribution is 5.99. The second-order valence-corrected chi connectivity index (χ2v) is 11.2. The van der Waals surface area contributed by atoms with Crippen LogP contribution in [0.5, 0.6) is 0 Å². The molecule has 43 heavy (non-hydrogen) atoms. The minimum atomic E-state index is -0.842. The van der Waals surface area contributed by atoms with Gasteiger partial charge in [-0.2, -0.15) is 4.98 Å². The molecule has 1 N–H and O–H groups in total. The summed E-state index contributed by atoms with van der Waals surface area (Å²) in [6.45, 7) is 10.4. The van der Waals surface area contributed by atoms with Crippen LogP contribution in [0.25, 0.3) is 28.0 Å². The standard InChI is InChI=1S/C32H30F2N6O3/c1-5-26(42)38-12-13-39(18(4)16-38)30-21-15-23(34)28-27-22(33)10-7-11-24(27)35-25(41)14-19-8-6-9-20(17(2)3)29(19)40(31(21)36-28)32(43)37-30/h5-11,15,17-18H,1,12-14,16H2,2-4H3,(H,35,41)/t18-/m0/s1. The second-order valence-electron chi connectivity index (χ2n) is 11.2. The van der Waals surface area contributed by atoms with Crippen LogP contribution in [0.2, 0.25) is 0 Å². The number of carbonyl (C=O) groups excluding carboxylic acids is 2. The molecule has 4 aromatic rings. The van der Waals surface area contributed by atoms with Crippen molar-refractivity contribution in [3.05, 3.63) is 88.4 Å². The van der Waals surface area contributed by atoms with Gasteiger partial charge in [-0.25, -0.2) is 23.1 Å². The van der Waals surface area contributed by atoms with Gasteiger partial charge in [-0.15, -0.1) is 0 Å². The fourth-order valence-electron chi connectivity index (χ4n) is 6.03. The zero-order valence-corrected chi connectivity index (χ0v) is 24.0. The Morgan fingerprint density at radius 3 is 2.58 bits per heavy atom. The summed E-state index contributed by atoms with van der Waals surface area (Å²) in [7, 11) is 0. The van der Waals surface area contributed by atoms with Gasteiger partial charge in [-0.05, 0) is 48.2 Å². The lowest BCUT2D eigenvalue weighted by Gasteiger charge is -2.40. The summed E-state index contributed by atoms with van der Waals surface area (Å²) in [5.74, 6) is -2.12. The van der Waals surface area contributed by atoms with Crippen LogP contribution in [-0.2, 0) is 16.0 Å². The Morgan fingerprint density at radius 2 is 1.86 bits per heavy atom. The van der Waals surface area contributed by atoms with Crippen LogP contribution in [0.1, 0.15) is 37.8 Å². The van der Waals surface area contributed by atoms with E-state index in [9.17, 15) is 14.4 Å². The Kier molecular flexibility index (Phi) is 7.03.